The number of rotatable bonds is 2. The quantitative estimate of drug-likeness (QED) is 0.634. The first-order valence-corrected chi connectivity index (χ1v) is 3.54. The average Bonchev–Trinajstić information content (AvgIpc) is 2.17. The molecule has 9 heavy (non-hydrogen) atoms. The van der Waals surface area contributed by atoms with Crippen LogP contribution in [0.3, 0.4) is 0 Å². The van der Waals surface area contributed by atoms with Crippen molar-refractivity contribution < 1.29 is 4.74 Å². The number of hydrogen-bond donors (Lipinski definition) is 1. The van der Waals surface area contributed by atoms with E-state index in [4.69, 9.17) is 10.5 Å². The van der Waals surface area contributed by atoms with Gasteiger partial charge in [-0.25, -0.2) is 0 Å². The third-order valence-corrected chi connectivity index (χ3v) is 1.85. The number of hydrogen-bond acceptors (Lipinski definition) is 3. The second-order valence-corrected chi connectivity index (χ2v) is 2.93. The lowest BCUT2D eigenvalue weighted by Crippen LogP contribution is -2.05. The monoisotopic (exact) mass is 143 g/mol. The Bertz CT molecular complexity index is 185. The molecule has 0 atom stereocenters. The molecule has 0 radical (unpaired) electrons. The number of ether oxygens (including phenoxy) is 1. The number of aryl methyl sites for hydroxylation is 1. The van der Waals surface area contributed by atoms with Gasteiger partial charge in [0.25, 0.3) is 0 Å². The van der Waals surface area contributed by atoms with Crippen LogP contribution in [0.25, 0.3) is 0 Å². The Hall–Kier alpha value is -0.540. The molecule has 0 amide bonds. The van der Waals surface area contributed by atoms with Crippen LogP contribution >= 0.6 is 11.3 Å². The minimum absolute atomic E-state index is 0.264. The van der Waals surface area contributed by atoms with Crippen LogP contribution in [-0.4, -0.2) is 6.73 Å². The van der Waals surface area contributed by atoms with Gasteiger partial charge in [-0.15, -0.1) is 11.3 Å². The summed E-state index contributed by atoms with van der Waals surface area (Å²) in [5.74, 6) is 0. The van der Waals surface area contributed by atoms with E-state index in [-0.39, 0.29) is 6.73 Å². The fourth-order valence-corrected chi connectivity index (χ4v) is 1.29. The molecule has 0 unspecified atom stereocenters. The Labute approximate surface area is 58.3 Å². The summed E-state index contributed by atoms with van der Waals surface area (Å²) in [4.78, 5) is 1.25. The van der Waals surface area contributed by atoms with Crippen LogP contribution in [0, 0.1) is 6.92 Å². The topological polar surface area (TPSA) is 35.2 Å². The molecule has 0 aromatic carbocycles. The Balaban J connectivity index is 2.61. The lowest BCUT2D eigenvalue weighted by molar-refractivity contribution is 0.339. The third kappa shape index (κ3) is 1.69. The minimum Gasteiger partial charge on any atom is -0.469 e. The molecular formula is C6H9NOS. The zero-order valence-corrected chi connectivity index (χ0v) is 6.07. The van der Waals surface area contributed by atoms with Crippen molar-refractivity contribution >= 4 is 11.3 Å². The van der Waals surface area contributed by atoms with Gasteiger partial charge < -0.3 is 4.74 Å². The van der Waals surface area contributed by atoms with Crippen molar-refractivity contribution in [1.82, 2.24) is 0 Å². The van der Waals surface area contributed by atoms with Gasteiger partial charge in [-0.1, -0.05) is 0 Å². The highest BCUT2D eigenvalue weighted by molar-refractivity contribution is 7.13. The molecule has 3 heteroatoms. The van der Waals surface area contributed by atoms with E-state index in [1.165, 1.54) is 4.88 Å². The van der Waals surface area contributed by atoms with Crippen molar-refractivity contribution in [3.05, 3.63) is 17.0 Å². The summed E-state index contributed by atoms with van der Waals surface area (Å²) in [6.45, 7) is 2.30. The maximum absolute atomic E-state index is 5.15. The zero-order chi connectivity index (χ0) is 6.69. The fourth-order valence-electron chi connectivity index (χ4n) is 0.572. The summed E-state index contributed by atoms with van der Waals surface area (Å²) in [6.07, 6.45) is 0. The second-order valence-electron chi connectivity index (χ2n) is 1.68. The summed E-state index contributed by atoms with van der Waals surface area (Å²) in [7, 11) is 0. The summed E-state index contributed by atoms with van der Waals surface area (Å²) >= 11 is 1.61. The van der Waals surface area contributed by atoms with Gasteiger partial charge in [0.05, 0.1) is 0 Å². The molecule has 1 heterocycles. The third-order valence-electron chi connectivity index (χ3n) is 0.941. The number of thiophene rings is 1. The molecule has 0 saturated heterocycles. The van der Waals surface area contributed by atoms with Crippen molar-refractivity contribution in [2.75, 3.05) is 6.73 Å². The highest BCUT2D eigenvalue weighted by Gasteiger charge is 1.92. The van der Waals surface area contributed by atoms with Crippen molar-refractivity contribution in [2.24, 2.45) is 5.73 Å². The Morgan fingerprint density at radius 1 is 1.67 bits per heavy atom. The predicted molar refractivity (Wildman–Crippen MR) is 38.7 cm³/mol. The predicted octanol–water partition coefficient (Wildman–Crippen LogP) is 1.35. The molecule has 50 valence electrons. The number of nitrogens with two attached hydrogens (primary N) is 1. The smallest absolute Gasteiger partial charge is 0.175 e. The molecule has 0 aliphatic heterocycles. The first-order chi connectivity index (χ1) is 4.33. The van der Waals surface area contributed by atoms with Gasteiger partial charge in [0.15, 0.2) is 5.06 Å². The molecule has 0 spiro atoms. The first-order valence-electron chi connectivity index (χ1n) is 2.72. The van der Waals surface area contributed by atoms with E-state index in [0.29, 0.717) is 0 Å². The standard InChI is InChI=1S/C6H9NOS/c1-5-2-3-6(9-5)8-4-7/h2-3H,4,7H2,1H3. The Morgan fingerprint density at radius 3 is 2.89 bits per heavy atom. The SMILES string of the molecule is Cc1ccc(OCN)s1. The van der Waals surface area contributed by atoms with E-state index in [2.05, 4.69) is 0 Å². The van der Waals surface area contributed by atoms with Gasteiger partial charge in [-0.2, -0.15) is 0 Å². The van der Waals surface area contributed by atoms with Gasteiger partial charge >= 0.3 is 0 Å². The molecule has 1 rings (SSSR count). The largest absolute Gasteiger partial charge is 0.469 e. The average molecular weight is 143 g/mol. The van der Waals surface area contributed by atoms with E-state index in [9.17, 15) is 0 Å². The van der Waals surface area contributed by atoms with E-state index >= 15 is 0 Å². The lowest BCUT2D eigenvalue weighted by atomic mass is 10.5. The first kappa shape index (κ1) is 6.58. The van der Waals surface area contributed by atoms with Crippen LogP contribution in [0.5, 0.6) is 5.06 Å². The highest BCUT2D eigenvalue weighted by atomic mass is 32.1. The van der Waals surface area contributed by atoms with Gasteiger partial charge in [-0.05, 0) is 19.1 Å². The maximum Gasteiger partial charge on any atom is 0.175 e. The molecule has 0 bridgehead atoms. The zero-order valence-electron chi connectivity index (χ0n) is 5.26. The molecular weight excluding hydrogens is 134 g/mol. The lowest BCUT2D eigenvalue weighted by Gasteiger charge is -1.94. The van der Waals surface area contributed by atoms with Crippen LogP contribution in [0.15, 0.2) is 12.1 Å². The van der Waals surface area contributed by atoms with E-state index < -0.39 is 0 Å². The molecule has 0 aliphatic carbocycles. The van der Waals surface area contributed by atoms with E-state index in [1.54, 1.807) is 11.3 Å². The Kier molecular flexibility index (Phi) is 2.08. The molecule has 0 saturated carbocycles. The molecule has 2 N–H and O–H groups in total. The van der Waals surface area contributed by atoms with E-state index in [0.717, 1.165) is 5.06 Å². The van der Waals surface area contributed by atoms with Crippen LogP contribution in [-0.2, 0) is 0 Å². The highest BCUT2D eigenvalue weighted by Crippen LogP contribution is 2.22. The van der Waals surface area contributed by atoms with Crippen molar-refractivity contribution in [2.45, 2.75) is 6.92 Å². The van der Waals surface area contributed by atoms with Crippen molar-refractivity contribution in [3.8, 4) is 5.06 Å². The van der Waals surface area contributed by atoms with Gasteiger partial charge in [0.1, 0.15) is 6.73 Å². The van der Waals surface area contributed by atoms with Gasteiger partial charge in [0, 0.05) is 4.88 Å². The Morgan fingerprint density at radius 2 is 2.44 bits per heavy atom. The van der Waals surface area contributed by atoms with Crippen LogP contribution in [0.1, 0.15) is 4.88 Å². The summed E-state index contributed by atoms with van der Waals surface area (Å²) in [5.41, 5.74) is 5.15. The molecule has 0 fully saturated rings. The molecule has 1 aromatic heterocycles. The van der Waals surface area contributed by atoms with Crippen molar-refractivity contribution in [3.63, 3.8) is 0 Å². The molecule has 0 aliphatic rings. The minimum atomic E-state index is 0.264. The maximum atomic E-state index is 5.15. The summed E-state index contributed by atoms with van der Waals surface area (Å²) in [6, 6.07) is 3.93. The molecule has 2 nitrogen and oxygen atoms in total. The van der Waals surface area contributed by atoms with Gasteiger partial charge in [0.2, 0.25) is 0 Å². The summed E-state index contributed by atoms with van der Waals surface area (Å²) < 4.78 is 5.02. The van der Waals surface area contributed by atoms with Crippen molar-refractivity contribution in [1.29, 1.82) is 0 Å². The fraction of sp³-hybridized carbons (Fsp3) is 0.333. The summed E-state index contributed by atoms with van der Waals surface area (Å²) in [5, 5.41) is 0.898. The normalized spacial score (nSPS) is 9.56. The van der Waals surface area contributed by atoms with Crippen LogP contribution in [0.2, 0.25) is 0 Å². The second kappa shape index (κ2) is 2.85. The molecule has 1 aromatic rings. The van der Waals surface area contributed by atoms with Crippen LogP contribution < -0.4 is 10.5 Å². The van der Waals surface area contributed by atoms with E-state index in [1.807, 2.05) is 19.1 Å². The van der Waals surface area contributed by atoms with Crippen LogP contribution in [0.4, 0.5) is 0 Å². The van der Waals surface area contributed by atoms with Gasteiger partial charge in [-0.3, -0.25) is 5.73 Å².